The van der Waals surface area contributed by atoms with Gasteiger partial charge in [-0.05, 0) is 73.5 Å². The number of anilines is 2. The third-order valence-corrected chi connectivity index (χ3v) is 9.39. The van der Waals surface area contributed by atoms with Gasteiger partial charge in [0.1, 0.15) is 0 Å². The molecule has 0 spiro atoms. The maximum absolute atomic E-state index is 12.7. The molecule has 0 atom stereocenters. The molecule has 1 amide bonds. The van der Waals surface area contributed by atoms with Gasteiger partial charge in [-0.25, -0.2) is 13.4 Å². The van der Waals surface area contributed by atoms with Crippen molar-refractivity contribution in [1.29, 1.82) is 0 Å². The zero-order valence-electron chi connectivity index (χ0n) is 22.2. The van der Waals surface area contributed by atoms with Crippen LogP contribution >= 0.6 is 35.3 Å². The fraction of sp³-hybridized carbons (Fsp3) is 0.286. The van der Waals surface area contributed by atoms with Crippen molar-refractivity contribution in [2.75, 3.05) is 48.9 Å². The number of piperazine rings is 1. The van der Waals surface area contributed by atoms with Crippen molar-refractivity contribution in [3.63, 3.8) is 0 Å². The molecule has 0 radical (unpaired) electrons. The third kappa shape index (κ3) is 7.05. The normalized spacial score (nSPS) is 14.1. The van der Waals surface area contributed by atoms with Gasteiger partial charge in [0.05, 0.1) is 15.1 Å². The number of hydrogen-bond acceptors (Lipinski definition) is 7. The van der Waals surface area contributed by atoms with E-state index < -0.39 is 10.0 Å². The molecule has 0 aliphatic carbocycles. The molecule has 1 aliphatic heterocycles. The number of nitrogens with one attached hydrogen (secondary N) is 2. The van der Waals surface area contributed by atoms with Gasteiger partial charge in [-0.15, -0.1) is 12.4 Å². The van der Waals surface area contributed by atoms with Crippen LogP contribution in [0.3, 0.4) is 0 Å². The quantitative estimate of drug-likeness (QED) is 0.276. The highest BCUT2D eigenvalue weighted by Gasteiger charge is 2.21. The number of amides is 1. The van der Waals surface area contributed by atoms with Gasteiger partial charge in [-0.3, -0.25) is 14.4 Å². The number of fused-ring (bicyclic) bond motifs is 1. The number of rotatable bonds is 8. The highest BCUT2D eigenvalue weighted by atomic mass is 35.5. The Bertz CT molecular complexity index is 1600. The Balaban J connectivity index is 0.00000370. The molecule has 1 aromatic heterocycles. The molecule has 212 valence electrons. The Morgan fingerprint density at radius 1 is 1.02 bits per heavy atom. The molecule has 12 heteroatoms. The Hall–Kier alpha value is -2.89. The zero-order valence-corrected chi connectivity index (χ0v) is 25.4. The summed E-state index contributed by atoms with van der Waals surface area (Å²) < 4.78 is 29.1. The van der Waals surface area contributed by atoms with Crippen LogP contribution in [0.25, 0.3) is 10.2 Å². The lowest BCUT2D eigenvalue weighted by atomic mass is 10.1. The van der Waals surface area contributed by atoms with Crippen LogP contribution in [0.1, 0.15) is 21.5 Å². The van der Waals surface area contributed by atoms with Crippen LogP contribution in [0.4, 0.5) is 10.8 Å². The predicted octanol–water partition coefficient (Wildman–Crippen LogP) is 5.34. The van der Waals surface area contributed by atoms with Crippen LogP contribution in [0, 0.1) is 13.8 Å². The Labute approximate surface area is 249 Å². The Morgan fingerprint density at radius 2 is 1.75 bits per heavy atom. The predicted molar refractivity (Wildman–Crippen MR) is 166 cm³/mol. The van der Waals surface area contributed by atoms with E-state index >= 15 is 0 Å². The molecular weight excluding hydrogens is 589 g/mol. The van der Waals surface area contributed by atoms with Gasteiger partial charge in [0.25, 0.3) is 15.9 Å². The van der Waals surface area contributed by atoms with Crippen molar-refractivity contribution in [3.05, 3.63) is 82.4 Å². The van der Waals surface area contributed by atoms with E-state index in [1.54, 1.807) is 29.5 Å². The monoisotopic (exact) mass is 619 g/mol. The average Bonchev–Trinajstić information content (AvgIpc) is 3.34. The summed E-state index contributed by atoms with van der Waals surface area (Å²) in [5, 5.41) is 4.47. The summed E-state index contributed by atoms with van der Waals surface area (Å²) in [6.45, 7) is 9.03. The van der Waals surface area contributed by atoms with E-state index in [0.29, 0.717) is 22.8 Å². The van der Waals surface area contributed by atoms with Gasteiger partial charge in [-0.1, -0.05) is 35.1 Å². The van der Waals surface area contributed by atoms with Gasteiger partial charge in [-0.2, -0.15) is 0 Å². The smallest absolute Gasteiger partial charge is 0.261 e. The van der Waals surface area contributed by atoms with E-state index in [9.17, 15) is 13.2 Å². The fourth-order valence-corrected chi connectivity index (χ4v) is 7.01. The minimum absolute atomic E-state index is 0. The SMILES string of the molecule is Cc1cc(C)c2nc(N3CCN(CCNC(=O)c4cccc(NS(=O)(=O)c5ccc(Cl)cc5)c4)CC3)sc2c1.Cl. The number of nitrogens with zero attached hydrogens (tertiary/aromatic N) is 3. The molecule has 1 saturated heterocycles. The van der Waals surface area contributed by atoms with Crippen LogP contribution in [-0.4, -0.2) is 63.5 Å². The van der Waals surface area contributed by atoms with E-state index in [1.807, 2.05) is 0 Å². The fourth-order valence-electron chi connectivity index (χ4n) is 4.64. The number of hydrogen-bond donors (Lipinski definition) is 2. The van der Waals surface area contributed by atoms with Crippen LogP contribution < -0.4 is 14.9 Å². The number of benzene rings is 3. The van der Waals surface area contributed by atoms with Crippen LogP contribution in [-0.2, 0) is 10.0 Å². The summed E-state index contributed by atoms with van der Waals surface area (Å²) in [4.78, 5) is 22.4. The Kier molecular flexibility index (Phi) is 9.58. The van der Waals surface area contributed by atoms with E-state index in [1.165, 1.54) is 46.2 Å². The van der Waals surface area contributed by atoms with E-state index in [2.05, 4.69) is 45.8 Å². The molecule has 0 saturated carbocycles. The summed E-state index contributed by atoms with van der Waals surface area (Å²) in [6, 6.07) is 16.7. The van der Waals surface area contributed by atoms with Gasteiger partial charge in [0, 0.05) is 55.5 Å². The van der Waals surface area contributed by atoms with Gasteiger partial charge < -0.3 is 10.2 Å². The number of carbonyl (C=O) groups is 1. The minimum atomic E-state index is -3.80. The van der Waals surface area contributed by atoms with Crippen LogP contribution in [0.15, 0.2) is 65.6 Å². The second-order valence-electron chi connectivity index (χ2n) is 9.65. The third-order valence-electron chi connectivity index (χ3n) is 6.68. The number of sulfonamides is 1. The molecule has 0 bridgehead atoms. The summed E-state index contributed by atoms with van der Waals surface area (Å²) in [6.07, 6.45) is 0. The number of carbonyl (C=O) groups excluding carboxylic acids is 1. The first-order chi connectivity index (χ1) is 18.7. The maximum Gasteiger partial charge on any atom is 0.261 e. The van der Waals surface area contributed by atoms with Crippen molar-refractivity contribution in [3.8, 4) is 0 Å². The molecule has 1 aliphatic rings. The lowest BCUT2D eigenvalue weighted by molar-refractivity contribution is 0.0948. The average molecular weight is 621 g/mol. The molecule has 2 heterocycles. The van der Waals surface area contributed by atoms with E-state index in [0.717, 1.165) is 43.4 Å². The summed E-state index contributed by atoms with van der Waals surface area (Å²) in [7, 11) is -3.80. The summed E-state index contributed by atoms with van der Waals surface area (Å²) in [5.41, 5.74) is 4.26. The molecule has 40 heavy (non-hydrogen) atoms. The summed E-state index contributed by atoms with van der Waals surface area (Å²) in [5.74, 6) is -0.249. The first kappa shape index (κ1) is 30.1. The number of aromatic nitrogens is 1. The van der Waals surface area contributed by atoms with Gasteiger partial charge >= 0.3 is 0 Å². The number of aryl methyl sites for hydroxylation is 2. The number of halogens is 2. The van der Waals surface area contributed by atoms with Crippen molar-refractivity contribution in [2.24, 2.45) is 0 Å². The molecule has 1 fully saturated rings. The van der Waals surface area contributed by atoms with Gasteiger partial charge in [0.15, 0.2) is 5.13 Å². The lowest BCUT2D eigenvalue weighted by Gasteiger charge is -2.34. The second-order valence-corrected chi connectivity index (χ2v) is 12.8. The topological polar surface area (TPSA) is 94.6 Å². The number of thiazole rings is 1. The molecule has 8 nitrogen and oxygen atoms in total. The largest absolute Gasteiger partial charge is 0.351 e. The maximum atomic E-state index is 12.7. The van der Waals surface area contributed by atoms with Crippen molar-refractivity contribution in [2.45, 2.75) is 18.7 Å². The lowest BCUT2D eigenvalue weighted by Crippen LogP contribution is -2.48. The van der Waals surface area contributed by atoms with Crippen molar-refractivity contribution >= 4 is 72.3 Å². The Morgan fingerprint density at radius 3 is 2.48 bits per heavy atom. The minimum Gasteiger partial charge on any atom is -0.351 e. The molecular formula is C28H31Cl2N5O3S2. The molecule has 5 rings (SSSR count). The molecule has 2 N–H and O–H groups in total. The standard InChI is InChI=1S/C28H30ClN5O3S2.ClH/c1-19-16-20(2)26-25(17-19)38-28(31-26)34-14-12-33(13-15-34)11-10-30-27(35)21-4-3-5-23(18-21)32-39(36,37)24-8-6-22(29)7-9-24;/h3-9,16-18,32H,10-15H2,1-2H3,(H,30,35);1H. The first-order valence-electron chi connectivity index (χ1n) is 12.7. The van der Waals surface area contributed by atoms with Crippen molar-refractivity contribution in [1.82, 2.24) is 15.2 Å². The van der Waals surface area contributed by atoms with Crippen LogP contribution in [0.5, 0.6) is 0 Å². The molecule has 4 aromatic rings. The first-order valence-corrected chi connectivity index (χ1v) is 15.4. The van der Waals surface area contributed by atoms with Gasteiger partial charge in [0.2, 0.25) is 0 Å². The highest BCUT2D eigenvalue weighted by molar-refractivity contribution is 7.92. The zero-order chi connectivity index (χ0) is 27.6. The highest BCUT2D eigenvalue weighted by Crippen LogP contribution is 2.32. The van der Waals surface area contributed by atoms with E-state index in [-0.39, 0.29) is 23.2 Å². The summed E-state index contributed by atoms with van der Waals surface area (Å²) >= 11 is 7.60. The van der Waals surface area contributed by atoms with Crippen LogP contribution in [0.2, 0.25) is 5.02 Å². The second kappa shape index (κ2) is 12.7. The molecule has 0 unspecified atom stereocenters. The van der Waals surface area contributed by atoms with E-state index in [4.69, 9.17) is 16.6 Å². The molecule has 3 aromatic carbocycles. The van der Waals surface area contributed by atoms with Crippen molar-refractivity contribution < 1.29 is 13.2 Å².